The monoisotopic (exact) mass is 425 g/mol. The average Bonchev–Trinajstić information content (AvgIpc) is 2.77. The van der Waals surface area contributed by atoms with E-state index >= 15 is 0 Å². The van der Waals surface area contributed by atoms with E-state index in [-0.39, 0.29) is 5.91 Å². The van der Waals surface area contributed by atoms with E-state index in [9.17, 15) is 9.90 Å². The molecule has 8 nitrogen and oxygen atoms in total. The summed E-state index contributed by atoms with van der Waals surface area (Å²) in [4.78, 5) is 28.0. The summed E-state index contributed by atoms with van der Waals surface area (Å²) in [5.74, 6) is 0.639. The van der Waals surface area contributed by atoms with Crippen molar-refractivity contribution in [1.29, 1.82) is 0 Å². The van der Waals surface area contributed by atoms with Gasteiger partial charge in [-0.05, 0) is 57.7 Å². The molecule has 0 bridgehead atoms. The topological polar surface area (TPSA) is 100 Å². The molecule has 1 amide bonds. The zero-order valence-electron chi connectivity index (χ0n) is 18.3. The van der Waals surface area contributed by atoms with Gasteiger partial charge in [0.2, 0.25) is 11.9 Å². The van der Waals surface area contributed by atoms with Crippen molar-refractivity contribution in [2.24, 2.45) is 0 Å². The summed E-state index contributed by atoms with van der Waals surface area (Å²) in [5, 5.41) is 14.4. The molecule has 2 aromatic rings. The van der Waals surface area contributed by atoms with E-state index in [0.717, 1.165) is 11.4 Å². The standard InChI is InChI=1S/C23H31N5O3/c1-17-8-13-25-21(26-17)28-14-9-23(10-15-28)20(30)22(2,11-16-31-23)27-19(29)7-6-18-5-3-4-12-24-18/h3-5,8,12-13,20,30H,6-7,9-11,14-16H2,1-2H3,(H,27,29)/t20-,22+/m1/s1. The Morgan fingerprint density at radius 1 is 1.23 bits per heavy atom. The number of nitrogens with one attached hydrogen (secondary N) is 1. The van der Waals surface area contributed by atoms with Gasteiger partial charge < -0.3 is 20.1 Å². The number of aromatic nitrogens is 3. The SMILES string of the molecule is Cc1ccnc(N2CCC3(CC2)OCC[C@](C)(NC(=O)CCc2ccccn2)[C@H]3O)n1. The number of carbonyl (C=O) groups is 1. The number of nitrogens with zero attached hydrogens (tertiary/aromatic N) is 4. The molecule has 2 N–H and O–H groups in total. The van der Waals surface area contributed by atoms with Crippen LogP contribution in [0.3, 0.4) is 0 Å². The summed E-state index contributed by atoms with van der Waals surface area (Å²) in [6.45, 7) is 5.78. The molecule has 4 heterocycles. The van der Waals surface area contributed by atoms with Gasteiger partial charge in [0, 0.05) is 49.9 Å². The Kier molecular flexibility index (Phi) is 6.20. The summed E-state index contributed by atoms with van der Waals surface area (Å²) in [7, 11) is 0. The lowest BCUT2D eigenvalue weighted by Gasteiger charge is -2.53. The van der Waals surface area contributed by atoms with Gasteiger partial charge in [-0.2, -0.15) is 0 Å². The lowest BCUT2D eigenvalue weighted by Crippen LogP contribution is -2.69. The third-order valence-corrected chi connectivity index (χ3v) is 6.55. The maximum atomic E-state index is 12.7. The van der Waals surface area contributed by atoms with E-state index in [0.29, 0.717) is 57.7 Å². The molecule has 166 valence electrons. The first-order valence-corrected chi connectivity index (χ1v) is 11.0. The van der Waals surface area contributed by atoms with Gasteiger partial charge in [-0.3, -0.25) is 9.78 Å². The molecular weight excluding hydrogens is 394 g/mol. The van der Waals surface area contributed by atoms with Gasteiger partial charge >= 0.3 is 0 Å². The number of ether oxygens (including phenoxy) is 1. The van der Waals surface area contributed by atoms with E-state index in [1.807, 2.05) is 38.1 Å². The van der Waals surface area contributed by atoms with Crippen LogP contribution >= 0.6 is 0 Å². The number of aryl methyl sites for hydroxylation is 2. The van der Waals surface area contributed by atoms with Crippen molar-refractivity contribution in [2.75, 3.05) is 24.6 Å². The third-order valence-electron chi connectivity index (χ3n) is 6.55. The molecule has 8 heteroatoms. The number of aliphatic hydroxyl groups excluding tert-OH is 1. The summed E-state index contributed by atoms with van der Waals surface area (Å²) in [6.07, 6.45) is 5.52. The Balaban J connectivity index is 1.38. The average molecular weight is 426 g/mol. The van der Waals surface area contributed by atoms with Crippen LogP contribution in [0.2, 0.25) is 0 Å². The van der Waals surface area contributed by atoms with Crippen molar-refractivity contribution < 1.29 is 14.6 Å². The van der Waals surface area contributed by atoms with E-state index in [4.69, 9.17) is 4.74 Å². The normalized spacial score (nSPS) is 25.4. The zero-order chi connectivity index (χ0) is 21.9. The Bertz CT molecular complexity index is 901. The molecule has 2 aromatic heterocycles. The molecule has 0 aliphatic carbocycles. The molecular formula is C23H31N5O3. The van der Waals surface area contributed by atoms with Crippen molar-refractivity contribution in [2.45, 2.75) is 63.2 Å². The van der Waals surface area contributed by atoms with Crippen LogP contribution in [0.1, 0.15) is 44.0 Å². The molecule has 2 fully saturated rings. The minimum Gasteiger partial charge on any atom is -0.388 e. The molecule has 31 heavy (non-hydrogen) atoms. The highest BCUT2D eigenvalue weighted by molar-refractivity contribution is 5.77. The highest BCUT2D eigenvalue weighted by atomic mass is 16.5. The van der Waals surface area contributed by atoms with Crippen LogP contribution in [0.5, 0.6) is 0 Å². The molecule has 1 spiro atoms. The van der Waals surface area contributed by atoms with Crippen LogP contribution in [-0.4, -0.2) is 62.9 Å². The van der Waals surface area contributed by atoms with Gasteiger partial charge in [-0.15, -0.1) is 0 Å². The van der Waals surface area contributed by atoms with E-state index in [2.05, 4.69) is 25.2 Å². The van der Waals surface area contributed by atoms with Crippen LogP contribution in [0.25, 0.3) is 0 Å². The Labute approximate surface area is 183 Å². The number of hydrogen-bond donors (Lipinski definition) is 2. The summed E-state index contributed by atoms with van der Waals surface area (Å²) >= 11 is 0. The second kappa shape index (κ2) is 8.88. The molecule has 0 unspecified atom stereocenters. The van der Waals surface area contributed by atoms with Crippen molar-refractivity contribution >= 4 is 11.9 Å². The largest absolute Gasteiger partial charge is 0.388 e. The number of amides is 1. The number of anilines is 1. The van der Waals surface area contributed by atoms with Crippen molar-refractivity contribution in [3.8, 4) is 0 Å². The number of rotatable bonds is 5. The summed E-state index contributed by atoms with van der Waals surface area (Å²) in [6, 6.07) is 7.57. The minimum absolute atomic E-state index is 0.0742. The fourth-order valence-electron chi connectivity index (χ4n) is 4.65. The van der Waals surface area contributed by atoms with Crippen LogP contribution in [-0.2, 0) is 16.0 Å². The van der Waals surface area contributed by atoms with Gasteiger partial charge in [0.1, 0.15) is 6.10 Å². The lowest BCUT2D eigenvalue weighted by atomic mass is 9.73. The smallest absolute Gasteiger partial charge is 0.225 e. The van der Waals surface area contributed by atoms with Gasteiger partial charge in [0.25, 0.3) is 0 Å². The second-order valence-electron chi connectivity index (χ2n) is 8.84. The van der Waals surface area contributed by atoms with Gasteiger partial charge in [-0.1, -0.05) is 6.07 Å². The van der Waals surface area contributed by atoms with Gasteiger partial charge in [0.05, 0.1) is 11.1 Å². The number of carbonyl (C=O) groups excluding carboxylic acids is 1. The lowest BCUT2D eigenvalue weighted by molar-refractivity contribution is -0.198. The molecule has 2 aliphatic heterocycles. The Morgan fingerprint density at radius 2 is 2.03 bits per heavy atom. The van der Waals surface area contributed by atoms with E-state index < -0.39 is 17.2 Å². The number of aliphatic hydroxyl groups is 1. The highest BCUT2D eigenvalue weighted by Crippen LogP contribution is 2.40. The predicted molar refractivity (Wildman–Crippen MR) is 117 cm³/mol. The zero-order valence-corrected chi connectivity index (χ0v) is 18.3. The summed E-state index contributed by atoms with van der Waals surface area (Å²) < 4.78 is 6.15. The van der Waals surface area contributed by atoms with E-state index in [1.54, 1.807) is 12.4 Å². The van der Waals surface area contributed by atoms with Gasteiger partial charge in [0.15, 0.2) is 0 Å². The molecule has 2 aliphatic rings. The second-order valence-corrected chi connectivity index (χ2v) is 8.84. The Morgan fingerprint density at radius 3 is 2.74 bits per heavy atom. The first kappa shape index (κ1) is 21.6. The molecule has 0 radical (unpaired) electrons. The number of piperidine rings is 1. The molecule has 2 atom stereocenters. The first-order valence-electron chi connectivity index (χ1n) is 11.0. The maximum absolute atomic E-state index is 12.7. The van der Waals surface area contributed by atoms with Crippen molar-refractivity contribution in [3.05, 3.63) is 48.0 Å². The van der Waals surface area contributed by atoms with Crippen LogP contribution in [0, 0.1) is 6.92 Å². The maximum Gasteiger partial charge on any atom is 0.225 e. The molecule has 4 rings (SSSR count). The Hall–Kier alpha value is -2.58. The molecule has 2 saturated heterocycles. The number of pyridine rings is 1. The van der Waals surface area contributed by atoms with Crippen molar-refractivity contribution in [3.63, 3.8) is 0 Å². The predicted octanol–water partition coefficient (Wildman–Crippen LogP) is 1.81. The molecule has 0 saturated carbocycles. The first-order chi connectivity index (χ1) is 14.9. The van der Waals surface area contributed by atoms with Crippen molar-refractivity contribution in [1.82, 2.24) is 20.3 Å². The highest BCUT2D eigenvalue weighted by Gasteiger charge is 2.53. The van der Waals surface area contributed by atoms with Crippen LogP contribution in [0.15, 0.2) is 36.7 Å². The summed E-state index contributed by atoms with van der Waals surface area (Å²) in [5.41, 5.74) is 0.432. The fraction of sp³-hybridized carbons (Fsp3) is 0.565. The third kappa shape index (κ3) is 4.70. The minimum atomic E-state index is -0.784. The van der Waals surface area contributed by atoms with E-state index in [1.165, 1.54) is 0 Å². The fourth-order valence-corrected chi connectivity index (χ4v) is 4.65. The van der Waals surface area contributed by atoms with Gasteiger partial charge in [-0.25, -0.2) is 9.97 Å². The van der Waals surface area contributed by atoms with Crippen LogP contribution in [0.4, 0.5) is 5.95 Å². The molecule has 0 aromatic carbocycles. The number of hydrogen-bond acceptors (Lipinski definition) is 7. The quantitative estimate of drug-likeness (QED) is 0.753. The van der Waals surface area contributed by atoms with Crippen LogP contribution < -0.4 is 10.2 Å².